The number of benzene rings is 2. The number of alkyl carbamates (subject to hydrolysis) is 2. The number of nitrogens with zero attached hydrogens (tertiary/aromatic N) is 2. The molecule has 41 heavy (non-hydrogen) atoms. The van der Waals surface area contributed by atoms with Crippen molar-refractivity contribution in [1.82, 2.24) is 5.32 Å². The largest absolute Gasteiger partial charge is 0.449 e. The number of imide groups is 1. The van der Waals surface area contributed by atoms with Gasteiger partial charge in [-0.2, -0.15) is 0 Å². The van der Waals surface area contributed by atoms with Gasteiger partial charge in [-0.15, -0.1) is 0 Å². The smallest absolute Gasteiger partial charge is 0.417 e. The lowest BCUT2D eigenvalue weighted by Gasteiger charge is -2.28. The van der Waals surface area contributed by atoms with Gasteiger partial charge in [-0.1, -0.05) is 23.7 Å². The summed E-state index contributed by atoms with van der Waals surface area (Å²) < 4.78 is 21.9. The van der Waals surface area contributed by atoms with Crippen LogP contribution in [0, 0.1) is 0 Å². The number of ether oxygens (including phenoxy) is 4. The van der Waals surface area contributed by atoms with Crippen molar-refractivity contribution in [2.45, 2.75) is 64.8 Å². The summed E-state index contributed by atoms with van der Waals surface area (Å²) in [5, 5.41) is 2.61. The van der Waals surface area contributed by atoms with E-state index in [0.717, 1.165) is 36.3 Å². The summed E-state index contributed by atoms with van der Waals surface area (Å²) in [4.78, 5) is 41.3. The Morgan fingerprint density at radius 2 is 1.78 bits per heavy atom. The fraction of sp³-hybridized carbons (Fsp3) is 0.500. The third-order valence-corrected chi connectivity index (χ3v) is 6.79. The first-order valence-electron chi connectivity index (χ1n) is 14.0. The molecule has 4 rings (SSSR count). The zero-order valence-electron chi connectivity index (χ0n) is 23.8. The average molecular weight is 588 g/mol. The Hall–Kier alpha value is -3.34. The van der Waals surface area contributed by atoms with Crippen LogP contribution in [0.1, 0.15) is 63.2 Å². The van der Waals surface area contributed by atoms with E-state index in [1.54, 1.807) is 31.7 Å². The number of fused-ring (bicyclic) bond motifs is 2. The fourth-order valence-electron chi connectivity index (χ4n) is 4.76. The molecule has 0 radical (unpaired) electrons. The van der Waals surface area contributed by atoms with E-state index in [-0.39, 0.29) is 18.8 Å². The Labute approximate surface area is 245 Å². The van der Waals surface area contributed by atoms with Crippen LogP contribution >= 0.6 is 11.6 Å². The monoisotopic (exact) mass is 587 g/mol. The predicted octanol–water partition coefficient (Wildman–Crippen LogP) is 6.42. The van der Waals surface area contributed by atoms with Gasteiger partial charge < -0.3 is 28.7 Å². The Kier molecular flexibility index (Phi) is 10.5. The summed E-state index contributed by atoms with van der Waals surface area (Å²) in [5.74, 6) is -0.123. The second-order valence-electron chi connectivity index (χ2n) is 10.9. The van der Waals surface area contributed by atoms with E-state index in [2.05, 4.69) is 10.2 Å². The highest BCUT2D eigenvalue weighted by Crippen LogP contribution is 2.42. The summed E-state index contributed by atoms with van der Waals surface area (Å²) in [6, 6.07) is 13.0. The zero-order valence-corrected chi connectivity index (χ0v) is 24.6. The first-order valence-corrected chi connectivity index (χ1v) is 14.4. The number of carbonyl (C=O) groups is 3. The summed E-state index contributed by atoms with van der Waals surface area (Å²) in [7, 11) is 0. The predicted molar refractivity (Wildman–Crippen MR) is 156 cm³/mol. The van der Waals surface area contributed by atoms with Crippen molar-refractivity contribution < 1.29 is 33.3 Å². The molecule has 3 amide bonds. The van der Waals surface area contributed by atoms with E-state index in [0.29, 0.717) is 49.7 Å². The first kappa shape index (κ1) is 30.6. The quantitative estimate of drug-likeness (QED) is 0.335. The number of rotatable bonds is 9. The molecular formula is C30H38ClN3O7. The van der Waals surface area contributed by atoms with Crippen molar-refractivity contribution in [3.63, 3.8) is 0 Å². The van der Waals surface area contributed by atoms with Gasteiger partial charge in [-0.3, -0.25) is 4.79 Å². The second kappa shape index (κ2) is 14.0. The van der Waals surface area contributed by atoms with Gasteiger partial charge in [-0.05, 0) is 83.2 Å². The summed E-state index contributed by atoms with van der Waals surface area (Å²) >= 11 is 6.44. The lowest BCUT2D eigenvalue weighted by atomic mass is 10.1. The van der Waals surface area contributed by atoms with Crippen LogP contribution in [-0.4, -0.2) is 62.9 Å². The molecule has 1 saturated heterocycles. The van der Waals surface area contributed by atoms with Crippen LogP contribution < -0.4 is 15.1 Å². The van der Waals surface area contributed by atoms with Crippen LogP contribution in [0.2, 0.25) is 5.02 Å². The van der Waals surface area contributed by atoms with Gasteiger partial charge in [0.05, 0.1) is 35.8 Å². The highest BCUT2D eigenvalue weighted by molar-refractivity contribution is 6.31. The van der Waals surface area contributed by atoms with Crippen molar-refractivity contribution in [1.29, 1.82) is 0 Å². The molecule has 2 aromatic rings. The van der Waals surface area contributed by atoms with Crippen LogP contribution in [0.25, 0.3) is 0 Å². The van der Waals surface area contributed by atoms with Crippen LogP contribution in [0.5, 0.6) is 0 Å². The number of anilines is 3. The molecule has 1 unspecified atom stereocenters. The summed E-state index contributed by atoms with van der Waals surface area (Å²) in [6.45, 7) is 7.15. The maximum absolute atomic E-state index is 13.8. The van der Waals surface area contributed by atoms with Gasteiger partial charge in [0.25, 0.3) is 5.91 Å². The number of carbonyl (C=O) groups excluding carboxylic acids is 3. The highest BCUT2D eigenvalue weighted by Gasteiger charge is 2.31. The van der Waals surface area contributed by atoms with Crippen molar-refractivity contribution in [3.8, 4) is 0 Å². The number of unbranched alkanes of at least 4 members (excludes halogenated alkanes) is 1. The molecule has 2 heterocycles. The lowest BCUT2D eigenvalue weighted by Crippen LogP contribution is -2.36. The standard InChI is InChI=1S/C30H38ClN3O7/c1-30(2,3)41-29(37)32-28(36)40-18-9-7-15-33-23-11-5-4-10-22(23)27(35)34(24-14-13-21(31)20-25(24)33)16-19-39-26-12-6-8-17-38-26/h4-5,10-11,13-14,20,26H,6-9,12,15-19H2,1-3H3,(H,32,36,37). The maximum atomic E-state index is 13.8. The third-order valence-electron chi connectivity index (χ3n) is 6.56. The van der Waals surface area contributed by atoms with Crippen molar-refractivity contribution in [2.75, 3.05) is 42.7 Å². The van der Waals surface area contributed by atoms with E-state index in [9.17, 15) is 14.4 Å². The first-order chi connectivity index (χ1) is 19.6. The zero-order chi connectivity index (χ0) is 29.4. The van der Waals surface area contributed by atoms with Gasteiger partial charge >= 0.3 is 12.2 Å². The summed E-state index contributed by atoms with van der Waals surface area (Å²) in [6.07, 6.45) is 2.16. The van der Waals surface area contributed by atoms with E-state index >= 15 is 0 Å². The topological polar surface area (TPSA) is 107 Å². The average Bonchev–Trinajstić information content (AvgIpc) is 3.01. The molecule has 2 aliphatic rings. The number of amides is 3. The normalized spacial score (nSPS) is 16.9. The van der Waals surface area contributed by atoms with E-state index in [1.165, 1.54) is 0 Å². The van der Waals surface area contributed by atoms with Crippen LogP contribution in [0.3, 0.4) is 0 Å². The third kappa shape index (κ3) is 8.58. The number of halogens is 1. The Bertz CT molecular complexity index is 1230. The molecule has 0 spiro atoms. The van der Waals surface area contributed by atoms with E-state index in [1.807, 2.05) is 36.4 Å². The van der Waals surface area contributed by atoms with Crippen molar-refractivity contribution in [2.24, 2.45) is 0 Å². The Morgan fingerprint density at radius 3 is 2.54 bits per heavy atom. The second-order valence-corrected chi connectivity index (χ2v) is 11.3. The number of nitrogens with one attached hydrogen (secondary N) is 1. The van der Waals surface area contributed by atoms with Crippen molar-refractivity contribution >= 4 is 46.8 Å². The molecular weight excluding hydrogens is 550 g/mol. The van der Waals surface area contributed by atoms with Gasteiger partial charge in [0.1, 0.15) is 5.60 Å². The van der Waals surface area contributed by atoms with Gasteiger partial charge in [-0.25, -0.2) is 14.9 Å². The number of para-hydroxylation sites is 1. The Morgan fingerprint density at radius 1 is 0.976 bits per heavy atom. The van der Waals surface area contributed by atoms with E-state index < -0.39 is 17.8 Å². The minimum absolute atomic E-state index is 0.109. The number of hydrogen-bond acceptors (Lipinski definition) is 8. The fourth-order valence-corrected chi connectivity index (χ4v) is 4.92. The Balaban J connectivity index is 1.43. The molecule has 0 aliphatic carbocycles. The lowest BCUT2D eigenvalue weighted by molar-refractivity contribution is -0.160. The van der Waals surface area contributed by atoms with E-state index in [4.69, 9.17) is 30.5 Å². The van der Waals surface area contributed by atoms with Crippen LogP contribution in [0.4, 0.5) is 26.7 Å². The molecule has 222 valence electrons. The molecule has 1 atom stereocenters. The SMILES string of the molecule is CC(C)(C)OC(=O)NC(=O)OCCCCN1c2ccccc2C(=O)N(CCOC2CCCCO2)c2ccc(Cl)cc21. The summed E-state index contributed by atoms with van der Waals surface area (Å²) in [5.41, 5.74) is 2.15. The molecule has 1 N–H and O–H groups in total. The maximum Gasteiger partial charge on any atom is 0.417 e. The minimum Gasteiger partial charge on any atom is -0.449 e. The van der Waals surface area contributed by atoms with Gasteiger partial charge in [0.2, 0.25) is 0 Å². The molecule has 0 saturated carbocycles. The molecule has 0 bridgehead atoms. The van der Waals surface area contributed by atoms with Gasteiger partial charge in [0.15, 0.2) is 6.29 Å². The van der Waals surface area contributed by atoms with Gasteiger partial charge in [0, 0.05) is 24.7 Å². The molecule has 1 fully saturated rings. The molecule has 10 nitrogen and oxygen atoms in total. The number of hydrogen-bond donors (Lipinski definition) is 1. The highest BCUT2D eigenvalue weighted by atomic mass is 35.5. The molecule has 11 heteroatoms. The molecule has 2 aromatic carbocycles. The van der Waals surface area contributed by atoms with Crippen LogP contribution in [-0.2, 0) is 18.9 Å². The molecule has 2 aliphatic heterocycles. The van der Waals surface area contributed by atoms with Crippen molar-refractivity contribution in [3.05, 3.63) is 53.1 Å². The minimum atomic E-state index is -0.862. The molecule has 0 aromatic heterocycles. The van der Waals surface area contributed by atoms with Crippen LogP contribution in [0.15, 0.2) is 42.5 Å².